The van der Waals surface area contributed by atoms with Crippen molar-refractivity contribution in [3.05, 3.63) is 0 Å². The third-order valence-corrected chi connectivity index (χ3v) is 2.90. The lowest BCUT2D eigenvalue weighted by Crippen LogP contribution is -2.35. The number of rotatable bonds is 6. The van der Waals surface area contributed by atoms with Crippen molar-refractivity contribution < 1.29 is 19.4 Å². The third-order valence-electron chi connectivity index (χ3n) is 2.90. The first-order valence-electron chi connectivity index (χ1n) is 5.71. The van der Waals surface area contributed by atoms with E-state index in [2.05, 4.69) is 11.9 Å². The minimum atomic E-state index is -1.06. The standard InChI is InChI=1S/C11H20N2O4/c1-12-4-3-9(5-12)6-13(2)10(14)7-17-8-11(15)16/h9H,3-8H2,1-2H3,(H,15,16). The van der Waals surface area contributed by atoms with Gasteiger partial charge in [0.2, 0.25) is 5.91 Å². The quantitative estimate of drug-likeness (QED) is 0.682. The summed E-state index contributed by atoms with van der Waals surface area (Å²) in [6, 6.07) is 0. The molecule has 98 valence electrons. The number of nitrogens with zero attached hydrogens (tertiary/aromatic N) is 2. The van der Waals surface area contributed by atoms with Gasteiger partial charge in [0, 0.05) is 20.1 Å². The Kier molecular flexibility index (Phi) is 5.37. The summed E-state index contributed by atoms with van der Waals surface area (Å²) in [5.74, 6) is -0.716. The van der Waals surface area contributed by atoms with Gasteiger partial charge in [-0.05, 0) is 25.9 Å². The molecule has 0 aromatic carbocycles. The van der Waals surface area contributed by atoms with Crippen LogP contribution in [0.1, 0.15) is 6.42 Å². The first-order valence-corrected chi connectivity index (χ1v) is 5.71. The number of likely N-dealkylation sites (tertiary alicyclic amines) is 1. The Morgan fingerprint density at radius 3 is 2.71 bits per heavy atom. The minimum Gasteiger partial charge on any atom is -0.480 e. The van der Waals surface area contributed by atoms with Gasteiger partial charge in [0.1, 0.15) is 13.2 Å². The molecule has 6 nitrogen and oxygen atoms in total. The van der Waals surface area contributed by atoms with Gasteiger partial charge in [0.25, 0.3) is 0 Å². The van der Waals surface area contributed by atoms with Crippen molar-refractivity contribution in [2.75, 3.05) is 46.9 Å². The van der Waals surface area contributed by atoms with Crippen LogP contribution in [0.2, 0.25) is 0 Å². The lowest BCUT2D eigenvalue weighted by Gasteiger charge is -2.21. The second kappa shape index (κ2) is 6.56. The number of carbonyl (C=O) groups excluding carboxylic acids is 1. The van der Waals surface area contributed by atoms with Crippen LogP contribution >= 0.6 is 0 Å². The summed E-state index contributed by atoms with van der Waals surface area (Å²) in [6.45, 7) is 2.20. The number of ether oxygens (including phenoxy) is 1. The maximum Gasteiger partial charge on any atom is 0.329 e. The van der Waals surface area contributed by atoms with E-state index in [1.165, 1.54) is 0 Å². The van der Waals surface area contributed by atoms with E-state index in [1.807, 2.05) is 0 Å². The highest BCUT2D eigenvalue weighted by molar-refractivity contribution is 5.77. The number of likely N-dealkylation sites (N-methyl/N-ethyl adjacent to an activating group) is 1. The molecule has 0 aromatic rings. The number of carbonyl (C=O) groups is 2. The Balaban J connectivity index is 2.20. The summed E-state index contributed by atoms with van der Waals surface area (Å²) >= 11 is 0. The molecular formula is C11H20N2O4. The van der Waals surface area contributed by atoms with Crippen molar-refractivity contribution in [2.45, 2.75) is 6.42 Å². The molecule has 1 heterocycles. The SMILES string of the molecule is CN1CCC(CN(C)C(=O)COCC(=O)O)C1. The Hall–Kier alpha value is -1.14. The molecule has 6 heteroatoms. The van der Waals surface area contributed by atoms with Crippen molar-refractivity contribution >= 4 is 11.9 Å². The number of carboxylic acids is 1. The van der Waals surface area contributed by atoms with Gasteiger partial charge in [0.05, 0.1) is 0 Å². The van der Waals surface area contributed by atoms with E-state index >= 15 is 0 Å². The molecule has 17 heavy (non-hydrogen) atoms. The Morgan fingerprint density at radius 1 is 1.47 bits per heavy atom. The maximum absolute atomic E-state index is 11.6. The second-order valence-electron chi connectivity index (χ2n) is 4.58. The molecule has 0 spiro atoms. The molecule has 1 atom stereocenters. The highest BCUT2D eigenvalue weighted by Gasteiger charge is 2.22. The van der Waals surface area contributed by atoms with E-state index in [-0.39, 0.29) is 12.5 Å². The molecule has 1 aliphatic rings. The zero-order chi connectivity index (χ0) is 12.8. The second-order valence-corrected chi connectivity index (χ2v) is 4.58. The Morgan fingerprint density at radius 2 is 2.18 bits per heavy atom. The molecule has 0 saturated carbocycles. The van der Waals surface area contributed by atoms with Gasteiger partial charge in [-0.2, -0.15) is 0 Å². The highest BCUT2D eigenvalue weighted by atomic mass is 16.5. The number of hydrogen-bond donors (Lipinski definition) is 1. The predicted octanol–water partition coefficient (Wildman–Crippen LogP) is -0.502. The molecule has 1 amide bonds. The normalized spacial score (nSPS) is 20.5. The Bertz CT molecular complexity index is 283. The summed E-state index contributed by atoms with van der Waals surface area (Å²) in [6.07, 6.45) is 1.10. The number of hydrogen-bond acceptors (Lipinski definition) is 4. The van der Waals surface area contributed by atoms with Crippen molar-refractivity contribution in [1.82, 2.24) is 9.80 Å². The van der Waals surface area contributed by atoms with Gasteiger partial charge in [-0.15, -0.1) is 0 Å². The van der Waals surface area contributed by atoms with Crippen LogP contribution in [0.5, 0.6) is 0 Å². The molecule has 1 N–H and O–H groups in total. The topological polar surface area (TPSA) is 70.1 Å². The van der Waals surface area contributed by atoms with E-state index in [0.29, 0.717) is 12.5 Å². The summed E-state index contributed by atoms with van der Waals surface area (Å²) < 4.78 is 4.76. The largest absolute Gasteiger partial charge is 0.480 e. The molecule has 1 fully saturated rings. The summed E-state index contributed by atoms with van der Waals surface area (Å²) in [5, 5.41) is 8.37. The molecular weight excluding hydrogens is 224 g/mol. The van der Waals surface area contributed by atoms with E-state index < -0.39 is 12.6 Å². The zero-order valence-electron chi connectivity index (χ0n) is 10.4. The van der Waals surface area contributed by atoms with Crippen molar-refractivity contribution in [2.24, 2.45) is 5.92 Å². The highest BCUT2D eigenvalue weighted by Crippen LogP contribution is 2.14. The van der Waals surface area contributed by atoms with Crippen molar-refractivity contribution in [1.29, 1.82) is 0 Å². The van der Waals surface area contributed by atoms with Crippen LogP contribution in [-0.4, -0.2) is 73.7 Å². The van der Waals surface area contributed by atoms with E-state index in [1.54, 1.807) is 11.9 Å². The van der Waals surface area contributed by atoms with Gasteiger partial charge in [-0.3, -0.25) is 4.79 Å². The monoisotopic (exact) mass is 244 g/mol. The third kappa shape index (κ3) is 5.14. The predicted molar refractivity (Wildman–Crippen MR) is 61.7 cm³/mol. The summed E-state index contributed by atoms with van der Waals surface area (Å²) in [7, 11) is 3.79. The van der Waals surface area contributed by atoms with Gasteiger partial charge in [-0.1, -0.05) is 0 Å². The van der Waals surface area contributed by atoms with E-state index in [0.717, 1.165) is 19.5 Å². The van der Waals surface area contributed by atoms with Crippen LogP contribution in [0, 0.1) is 5.92 Å². The first-order chi connectivity index (χ1) is 7.99. The van der Waals surface area contributed by atoms with Crippen LogP contribution in [0.3, 0.4) is 0 Å². The van der Waals surface area contributed by atoms with Crippen molar-refractivity contribution in [3.8, 4) is 0 Å². The average molecular weight is 244 g/mol. The average Bonchev–Trinajstić information content (AvgIpc) is 2.63. The molecule has 0 radical (unpaired) electrons. The van der Waals surface area contributed by atoms with E-state index in [4.69, 9.17) is 9.84 Å². The molecule has 0 bridgehead atoms. The smallest absolute Gasteiger partial charge is 0.329 e. The van der Waals surface area contributed by atoms with Gasteiger partial charge in [0.15, 0.2) is 0 Å². The fourth-order valence-electron chi connectivity index (χ4n) is 2.00. The van der Waals surface area contributed by atoms with Gasteiger partial charge < -0.3 is 19.6 Å². The molecule has 0 aliphatic carbocycles. The fraction of sp³-hybridized carbons (Fsp3) is 0.818. The number of aliphatic carboxylic acids is 1. The lowest BCUT2D eigenvalue weighted by molar-refractivity contribution is -0.145. The van der Waals surface area contributed by atoms with Gasteiger partial charge in [-0.25, -0.2) is 4.79 Å². The van der Waals surface area contributed by atoms with Crippen LogP contribution in [0.4, 0.5) is 0 Å². The molecule has 1 rings (SSSR count). The number of carboxylic acid groups (broad SMARTS) is 1. The lowest BCUT2D eigenvalue weighted by atomic mass is 10.1. The number of amides is 1. The van der Waals surface area contributed by atoms with Crippen LogP contribution < -0.4 is 0 Å². The Labute approximate surface area is 101 Å². The summed E-state index contributed by atoms with van der Waals surface area (Å²) in [4.78, 5) is 25.7. The molecule has 1 aliphatic heterocycles. The minimum absolute atomic E-state index is 0.161. The maximum atomic E-state index is 11.6. The van der Waals surface area contributed by atoms with Crippen LogP contribution in [0.15, 0.2) is 0 Å². The first kappa shape index (κ1) is 13.9. The fourth-order valence-corrected chi connectivity index (χ4v) is 2.00. The van der Waals surface area contributed by atoms with Crippen LogP contribution in [0.25, 0.3) is 0 Å². The molecule has 0 aromatic heterocycles. The van der Waals surface area contributed by atoms with Gasteiger partial charge >= 0.3 is 5.97 Å². The molecule has 1 unspecified atom stereocenters. The summed E-state index contributed by atoms with van der Waals surface area (Å²) in [5.41, 5.74) is 0. The van der Waals surface area contributed by atoms with E-state index in [9.17, 15) is 9.59 Å². The zero-order valence-corrected chi connectivity index (χ0v) is 10.4. The molecule has 1 saturated heterocycles. The van der Waals surface area contributed by atoms with Crippen molar-refractivity contribution in [3.63, 3.8) is 0 Å². The van der Waals surface area contributed by atoms with Crippen LogP contribution in [-0.2, 0) is 14.3 Å².